The molecule has 86 heavy (non-hydrogen) atoms. The highest BCUT2D eigenvalue weighted by molar-refractivity contribution is 7.13. The molecule has 1 aliphatic rings. The van der Waals surface area contributed by atoms with Crippen molar-refractivity contribution in [3.63, 3.8) is 0 Å². The van der Waals surface area contributed by atoms with Gasteiger partial charge in [0.05, 0.1) is 52.9 Å². The summed E-state index contributed by atoms with van der Waals surface area (Å²) < 4.78 is 11.1. The zero-order valence-electron chi connectivity index (χ0n) is 44.9. The topological polar surface area (TPSA) is 452 Å². The van der Waals surface area contributed by atoms with Crippen LogP contribution in [0.4, 0.5) is 0 Å². The van der Waals surface area contributed by atoms with Crippen molar-refractivity contribution in [3.05, 3.63) is 165 Å². The van der Waals surface area contributed by atoms with E-state index in [1.165, 1.54) is 48.2 Å². The van der Waals surface area contributed by atoms with Gasteiger partial charge in [-0.2, -0.15) is 0 Å². The number of aliphatic hydroxyl groups is 1. The van der Waals surface area contributed by atoms with Gasteiger partial charge in [0.25, 0.3) is 53.2 Å². The van der Waals surface area contributed by atoms with Crippen LogP contribution in [-0.2, 0) is 35.3 Å². The summed E-state index contributed by atoms with van der Waals surface area (Å²) in [6.45, 7) is 25.0. The Morgan fingerprint density at radius 1 is 0.651 bits per heavy atom. The summed E-state index contributed by atoms with van der Waals surface area (Å²) in [5.41, 5.74) is -4.74. The lowest BCUT2D eigenvalue weighted by atomic mass is 10.1. The average Bonchev–Trinajstić information content (AvgIpc) is 4.19. The van der Waals surface area contributed by atoms with Gasteiger partial charge in [-0.3, -0.25) is 47.9 Å². The van der Waals surface area contributed by atoms with E-state index >= 15 is 0 Å². The highest BCUT2D eigenvalue weighted by Gasteiger charge is 2.31. The summed E-state index contributed by atoms with van der Waals surface area (Å²) in [7, 11) is 0. The van der Waals surface area contributed by atoms with Crippen LogP contribution in [0.15, 0.2) is 124 Å². The normalized spacial score (nSPS) is 16.1. The van der Waals surface area contributed by atoms with Gasteiger partial charge in [0, 0.05) is 21.7 Å². The minimum absolute atomic E-state index is 0.0187. The number of carbonyl (C=O) groups is 11. The van der Waals surface area contributed by atoms with Crippen molar-refractivity contribution >= 4 is 110 Å². The lowest BCUT2D eigenvalue weighted by Gasteiger charge is -2.20. The molecular formula is C52H46N16O15S3. The molecule has 6 aromatic heterocycles. The second-order valence-electron chi connectivity index (χ2n) is 17.6. The molecule has 0 saturated heterocycles. The molecule has 0 aromatic carbocycles. The van der Waals surface area contributed by atoms with Crippen molar-refractivity contribution in [1.82, 2.24) is 83.1 Å². The number of carbonyl (C=O) groups excluding carboxylic acids is 10. The first-order valence-electron chi connectivity index (χ1n) is 24.3. The number of hydrogen-bond donors (Lipinski definition) is 12. The summed E-state index contributed by atoms with van der Waals surface area (Å²) in [5.74, 6) is -11.7. The Kier molecular flexibility index (Phi) is 19.4. The van der Waals surface area contributed by atoms with Crippen LogP contribution in [0, 0.1) is 0 Å². The lowest BCUT2D eigenvalue weighted by Crippen LogP contribution is -2.52. The van der Waals surface area contributed by atoms with Crippen LogP contribution in [0.25, 0.3) is 33.4 Å². The Balaban J connectivity index is 1.15. The molecule has 3 atom stereocenters. The first-order valence-corrected chi connectivity index (χ1v) is 26.9. The van der Waals surface area contributed by atoms with Crippen molar-refractivity contribution < 1.29 is 71.8 Å². The number of nitrogens with one attached hydrogen (secondary N) is 10. The predicted octanol–water partition coefficient (Wildman–Crippen LogP) is 1.40. The number of aliphatic carboxylic acids is 1. The van der Waals surface area contributed by atoms with E-state index in [0.717, 1.165) is 46.5 Å². The maximum absolute atomic E-state index is 13.8. The molecule has 442 valence electrons. The number of hydrogen-bond acceptors (Lipinski definition) is 23. The second kappa shape index (κ2) is 26.8. The van der Waals surface area contributed by atoms with Gasteiger partial charge in [0.15, 0.2) is 5.69 Å². The summed E-state index contributed by atoms with van der Waals surface area (Å²) in [6, 6.07) is 0.142. The molecule has 0 aliphatic carbocycles. The molecular weight excluding hydrogens is 1180 g/mol. The van der Waals surface area contributed by atoms with Crippen LogP contribution < -0.4 is 53.2 Å². The van der Waals surface area contributed by atoms with Gasteiger partial charge in [0.2, 0.25) is 17.7 Å². The van der Waals surface area contributed by atoms with Gasteiger partial charge in [-0.15, -0.1) is 34.0 Å². The summed E-state index contributed by atoms with van der Waals surface area (Å²) >= 11 is 2.99. The molecule has 34 heteroatoms. The molecule has 0 saturated carbocycles. The minimum Gasteiger partial charge on any atom is -0.477 e. The predicted molar refractivity (Wildman–Crippen MR) is 303 cm³/mol. The van der Waals surface area contributed by atoms with Gasteiger partial charge in [-0.25, -0.2) is 34.7 Å². The number of allylic oxidation sites excluding steroid dienone is 1. The maximum atomic E-state index is 13.8. The minimum atomic E-state index is -1.63. The first kappa shape index (κ1) is 62.4. The molecule has 1 aliphatic heterocycles. The van der Waals surface area contributed by atoms with Crippen LogP contribution in [0.2, 0.25) is 0 Å². The highest BCUT2D eigenvalue weighted by Crippen LogP contribution is 2.34. The largest absolute Gasteiger partial charge is 0.477 e. The first-order chi connectivity index (χ1) is 40.7. The Morgan fingerprint density at radius 2 is 1.22 bits per heavy atom. The molecule has 0 fully saturated rings. The summed E-state index contributed by atoms with van der Waals surface area (Å²) in [5, 5.41) is 47.8. The fraction of sp³-hybridized carbons (Fsp3) is 0.135. The number of aromatic nitrogens is 6. The van der Waals surface area contributed by atoms with Gasteiger partial charge < -0.3 is 72.2 Å². The Bertz CT molecular complexity index is 3950. The summed E-state index contributed by atoms with van der Waals surface area (Å²) in [4.78, 5) is 169. The highest BCUT2D eigenvalue weighted by atomic mass is 32.1. The second-order valence-corrected chi connectivity index (χ2v) is 20.3. The van der Waals surface area contributed by atoms with E-state index in [1.807, 2.05) is 10.6 Å². The smallest absolute Gasteiger partial charge is 0.351 e. The molecule has 0 spiro atoms. The van der Waals surface area contributed by atoms with Gasteiger partial charge in [0.1, 0.15) is 73.5 Å². The molecule has 12 N–H and O–H groups in total. The molecule has 0 radical (unpaired) electrons. The van der Waals surface area contributed by atoms with Gasteiger partial charge in [-0.1, -0.05) is 45.5 Å². The molecule has 31 nitrogen and oxygen atoms in total. The van der Waals surface area contributed by atoms with Crippen LogP contribution in [0.5, 0.6) is 0 Å². The van der Waals surface area contributed by atoms with Crippen molar-refractivity contribution in [1.29, 1.82) is 0 Å². The van der Waals surface area contributed by atoms with Crippen LogP contribution in [-0.4, -0.2) is 117 Å². The fourth-order valence-electron chi connectivity index (χ4n) is 6.81. The zero-order chi connectivity index (χ0) is 62.8. The average molecular weight is 1230 g/mol. The number of carboxylic acid groups (broad SMARTS) is 1. The lowest BCUT2D eigenvalue weighted by molar-refractivity contribution is -0.134. The standard InChI is InChI=1S/C52H46N16O15S3/c1-10-28-49-65-31(15-83-49)42(74)53-13-35-61-32(16-84-35)44(76)59-24(7)50-66-33(17-85-50)45(77)57-22(5)40(72)58-23(6)48-64-30(14-82-48)37-27(51-67-34(18-86-51)46(78)68-36(26(9)69)47(79)63-28)11-12-29(62-37)43(75)56-21(4)39(71)54-19(2)38(70)55-20(3)41(73)60-25(8)52(80)81/h10-12,14-18,24,26,36,69H,2-6,8,13H2,1,7,9H3,(H,53,74)(H,54,71)(H,55,70)(H,56,75)(H,57,77)(H,58,72)(H,59,76)(H,60,73)(H,63,79)(H,68,78)(H,80,81)/b28-10+. The van der Waals surface area contributed by atoms with Gasteiger partial charge >= 0.3 is 5.97 Å². The number of rotatable bonds is 10. The molecule has 10 bridgehead atoms. The number of thiazole rings is 3. The molecule has 3 unspecified atom stereocenters. The third-order valence-electron chi connectivity index (χ3n) is 11.3. The SMILES string of the molecule is C=C(NC(=O)C(=C)NC(=O)C(=C)NC(=O)C(=C)NC(=O)c1ccc2c(n1)-c1coc(n1)C(=C)NC(=O)C(=C)NC(=O)c1csc(n1)C(C)NC(=O)c1csc(n1)CNC(=O)c1coc(n1)/C(=C\C)NC(=O)C(C(C)O)NC(=O)c1csc-2n1)C(=O)O. The quantitative estimate of drug-likeness (QED) is 0.0862. The fourth-order valence-corrected chi connectivity index (χ4v) is 9.16. The number of pyridine rings is 1. The Labute approximate surface area is 495 Å². The van der Waals surface area contributed by atoms with E-state index < -0.39 is 117 Å². The van der Waals surface area contributed by atoms with Crippen molar-refractivity contribution in [3.8, 4) is 22.0 Å². The number of nitrogens with zero attached hydrogens (tertiary/aromatic N) is 6. The van der Waals surface area contributed by atoms with Crippen LogP contribution in [0.3, 0.4) is 0 Å². The van der Waals surface area contributed by atoms with E-state index in [1.54, 1.807) is 6.92 Å². The molecule has 7 heterocycles. The van der Waals surface area contributed by atoms with Crippen LogP contribution >= 0.6 is 34.0 Å². The number of carboxylic acids is 1. The molecule has 7 rings (SSSR count). The van der Waals surface area contributed by atoms with Crippen molar-refractivity contribution in [2.75, 3.05) is 0 Å². The van der Waals surface area contributed by atoms with Crippen molar-refractivity contribution in [2.45, 2.75) is 45.5 Å². The number of oxazole rings is 2. The van der Waals surface area contributed by atoms with E-state index in [9.17, 15) is 57.8 Å². The van der Waals surface area contributed by atoms with Gasteiger partial charge in [-0.05, 0) is 32.9 Å². The number of fused-ring (bicyclic) bond motifs is 13. The van der Waals surface area contributed by atoms with E-state index in [4.69, 9.17) is 13.9 Å². The Morgan fingerprint density at radius 3 is 1.88 bits per heavy atom. The van der Waals surface area contributed by atoms with Crippen molar-refractivity contribution in [2.24, 2.45) is 0 Å². The Hall–Kier alpha value is -11.2. The van der Waals surface area contributed by atoms with E-state index in [2.05, 4.69) is 112 Å². The number of amides is 10. The number of aliphatic hydroxyl groups excluding tert-OH is 1. The maximum Gasteiger partial charge on any atom is 0.351 e. The third kappa shape index (κ3) is 15.1. The molecule has 10 amide bonds. The van der Waals surface area contributed by atoms with Crippen LogP contribution in [0.1, 0.15) is 101 Å². The zero-order valence-corrected chi connectivity index (χ0v) is 47.4. The van der Waals surface area contributed by atoms with E-state index in [0.29, 0.717) is 10.0 Å². The summed E-state index contributed by atoms with van der Waals surface area (Å²) in [6.07, 6.45) is 1.94. The van der Waals surface area contributed by atoms with E-state index in [-0.39, 0.29) is 74.5 Å². The third-order valence-corrected chi connectivity index (χ3v) is 14.0. The monoisotopic (exact) mass is 1230 g/mol. The molecule has 6 aromatic rings.